The smallest absolute Gasteiger partial charge is 0.256 e. The predicted molar refractivity (Wildman–Crippen MR) is 90.3 cm³/mol. The zero-order chi connectivity index (χ0) is 16.0. The minimum absolute atomic E-state index is 0.106. The highest BCUT2D eigenvalue weighted by Crippen LogP contribution is 2.40. The number of nitrogens with zero attached hydrogens (tertiary/aromatic N) is 2. The summed E-state index contributed by atoms with van der Waals surface area (Å²) in [5, 5.41) is 11.8. The zero-order valence-corrected chi connectivity index (χ0v) is 13.7. The van der Waals surface area contributed by atoms with Gasteiger partial charge in [-0.15, -0.1) is 0 Å². The third-order valence-corrected chi connectivity index (χ3v) is 5.84. The lowest BCUT2D eigenvalue weighted by Crippen LogP contribution is -2.54. The zero-order valence-electron chi connectivity index (χ0n) is 13.7. The lowest BCUT2D eigenvalue weighted by molar-refractivity contribution is -0.0885. The molecule has 1 aromatic carbocycles. The minimum atomic E-state index is -0.534. The van der Waals surface area contributed by atoms with Crippen LogP contribution in [-0.2, 0) is 7.05 Å². The minimum Gasteiger partial charge on any atom is -0.389 e. The van der Waals surface area contributed by atoms with Gasteiger partial charge in [0.05, 0.1) is 11.2 Å². The molecule has 4 heteroatoms. The standard InChI is InChI=1S/C19H24N2O2/c1-20-13-16(15-7-2-3-8-17(15)20)18(22)21-11-10-19(23)9-5-4-6-14(19)12-21/h2-3,7-8,13-14,23H,4-6,9-12H2,1H3/t14-,19+/m1/s1. The number of amides is 1. The summed E-state index contributed by atoms with van der Waals surface area (Å²) in [7, 11) is 1.98. The third-order valence-electron chi connectivity index (χ3n) is 5.84. The Morgan fingerprint density at radius 3 is 2.96 bits per heavy atom. The molecular formula is C19H24N2O2. The second kappa shape index (κ2) is 5.38. The number of aromatic nitrogens is 1. The van der Waals surface area contributed by atoms with Crippen molar-refractivity contribution in [2.24, 2.45) is 13.0 Å². The van der Waals surface area contributed by atoms with Crippen LogP contribution in [0.4, 0.5) is 0 Å². The van der Waals surface area contributed by atoms with Crippen molar-refractivity contribution in [3.8, 4) is 0 Å². The molecule has 1 saturated carbocycles. The van der Waals surface area contributed by atoms with Gasteiger partial charge < -0.3 is 14.6 Å². The summed E-state index contributed by atoms with van der Waals surface area (Å²) in [5.74, 6) is 0.346. The number of fused-ring (bicyclic) bond motifs is 2. The molecule has 122 valence electrons. The van der Waals surface area contributed by atoms with E-state index < -0.39 is 5.60 Å². The normalized spacial score (nSPS) is 27.9. The van der Waals surface area contributed by atoms with E-state index in [0.29, 0.717) is 19.5 Å². The summed E-state index contributed by atoms with van der Waals surface area (Å²) in [6.45, 7) is 1.35. The molecule has 1 amide bonds. The van der Waals surface area contributed by atoms with E-state index in [1.165, 1.54) is 6.42 Å². The van der Waals surface area contributed by atoms with E-state index in [1.54, 1.807) is 0 Å². The molecule has 1 aromatic heterocycles. The molecule has 0 radical (unpaired) electrons. The van der Waals surface area contributed by atoms with Crippen LogP contribution >= 0.6 is 0 Å². The summed E-state index contributed by atoms with van der Waals surface area (Å²) in [6, 6.07) is 8.04. The molecule has 2 heterocycles. The van der Waals surface area contributed by atoms with Crippen molar-refractivity contribution in [3.05, 3.63) is 36.0 Å². The molecule has 4 nitrogen and oxygen atoms in total. The van der Waals surface area contributed by atoms with Crippen LogP contribution in [0.3, 0.4) is 0 Å². The fourth-order valence-electron chi connectivity index (χ4n) is 4.44. The number of hydrogen-bond donors (Lipinski definition) is 1. The fraction of sp³-hybridized carbons (Fsp3) is 0.526. The molecule has 2 aliphatic rings. The average molecular weight is 312 g/mol. The van der Waals surface area contributed by atoms with Crippen LogP contribution in [0.5, 0.6) is 0 Å². The molecule has 0 spiro atoms. The third kappa shape index (κ3) is 2.36. The lowest BCUT2D eigenvalue weighted by atomic mass is 9.71. The van der Waals surface area contributed by atoms with Crippen molar-refractivity contribution in [3.63, 3.8) is 0 Å². The van der Waals surface area contributed by atoms with Crippen molar-refractivity contribution in [1.29, 1.82) is 0 Å². The van der Waals surface area contributed by atoms with Crippen LogP contribution in [0.25, 0.3) is 10.9 Å². The van der Waals surface area contributed by atoms with Crippen LogP contribution in [0.1, 0.15) is 42.5 Å². The Balaban J connectivity index is 1.62. The van der Waals surface area contributed by atoms with Gasteiger partial charge in [0.25, 0.3) is 5.91 Å². The molecule has 0 bridgehead atoms. The number of carbonyl (C=O) groups excluding carboxylic acids is 1. The first-order chi connectivity index (χ1) is 11.1. The summed E-state index contributed by atoms with van der Waals surface area (Å²) in [6.07, 6.45) is 6.88. The summed E-state index contributed by atoms with van der Waals surface area (Å²) in [5.41, 5.74) is 1.33. The number of benzene rings is 1. The molecule has 1 aliphatic carbocycles. The van der Waals surface area contributed by atoms with E-state index in [4.69, 9.17) is 0 Å². The van der Waals surface area contributed by atoms with Gasteiger partial charge in [0.1, 0.15) is 0 Å². The molecule has 1 aliphatic heterocycles. The number of para-hydroxylation sites is 1. The van der Waals surface area contributed by atoms with E-state index in [2.05, 4.69) is 0 Å². The highest BCUT2D eigenvalue weighted by molar-refractivity contribution is 6.07. The molecule has 2 atom stereocenters. The fourth-order valence-corrected chi connectivity index (χ4v) is 4.44. The van der Waals surface area contributed by atoms with Crippen molar-refractivity contribution < 1.29 is 9.90 Å². The van der Waals surface area contributed by atoms with Crippen molar-refractivity contribution in [2.75, 3.05) is 13.1 Å². The van der Waals surface area contributed by atoms with Gasteiger partial charge in [-0.05, 0) is 25.3 Å². The molecule has 1 saturated heterocycles. The molecular weight excluding hydrogens is 288 g/mol. The van der Waals surface area contributed by atoms with Crippen LogP contribution in [0.15, 0.2) is 30.5 Å². The quantitative estimate of drug-likeness (QED) is 0.880. The number of aryl methyl sites for hydroxylation is 1. The first-order valence-corrected chi connectivity index (χ1v) is 8.64. The van der Waals surface area contributed by atoms with E-state index in [0.717, 1.165) is 35.7 Å². The van der Waals surface area contributed by atoms with Gasteiger partial charge in [-0.2, -0.15) is 0 Å². The highest BCUT2D eigenvalue weighted by atomic mass is 16.3. The van der Waals surface area contributed by atoms with Crippen LogP contribution in [0, 0.1) is 5.92 Å². The van der Waals surface area contributed by atoms with E-state index in [9.17, 15) is 9.90 Å². The molecule has 1 N–H and O–H groups in total. The number of rotatable bonds is 1. The van der Waals surface area contributed by atoms with Crippen LogP contribution in [-0.4, -0.2) is 39.2 Å². The number of carbonyl (C=O) groups is 1. The van der Waals surface area contributed by atoms with Crippen LogP contribution < -0.4 is 0 Å². The number of piperidine rings is 1. The monoisotopic (exact) mass is 312 g/mol. The Bertz CT molecular complexity index is 751. The molecule has 23 heavy (non-hydrogen) atoms. The van der Waals surface area contributed by atoms with E-state index in [-0.39, 0.29) is 11.8 Å². The van der Waals surface area contributed by atoms with E-state index >= 15 is 0 Å². The Kier molecular flexibility index (Phi) is 3.45. The maximum Gasteiger partial charge on any atom is 0.256 e. The Morgan fingerprint density at radius 2 is 2.09 bits per heavy atom. The molecule has 2 aromatic rings. The first-order valence-electron chi connectivity index (χ1n) is 8.64. The largest absolute Gasteiger partial charge is 0.389 e. The average Bonchev–Trinajstić information content (AvgIpc) is 2.91. The summed E-state index contributed by atoms with van der Waals surface area (Å²) < 4.78 is 2.02. The summed E-state index contributed by atoms with van der Waals surface area (Å²) >= 11 is 0. The van der Waals surface area contributed by atoms with Gasteiger partial charge >= 0.3 is 0 Å². The highest BCUT2D eigenvalue weighted by Gasteiger charge is 2.44. The second-order valence-electron chi connectivity index (χ2n) is 7.22. The Morgan fingerprint density at radius 1 is 1.26 bits per heavy atom. The van der Waals surface area contributed by atoms with Crippen molar-refractivity contribution in [1.82, 2.24) is 9.47 Å². The maximum atomic E-state index is 13.0. The van der Waals surface area contributed by atoms with Crippen molar-refractivity contribution in [2.45, 2.75) is 37.7 Å². The number of likely N-dealkylation sites (tertiary alicyclic amines) is 1. The molecule has 0 unspecified atom stereocenters. The van der Waals surface area contributed by atoms with Crippen LogP contribution in [0.2, 0.25) is 0 Å². The Labute approximate surface area is 136 Å². The van der Waals surface area contributed by atoms with Gasteiger partial charge in [-0.25, -0.2) is 0 Å². The Hall–Kier alpha value is -1.81. The van der Waals surface area contributed by atoms with Gasteiger partial charge in [-0.1, -0.05) is 31.0 Å². The molecule has 2 fully saturated rings. The summed E-state index contributed by atoms with van der Waals surface area (Å²) in [4.78, 5) is 15.0. The first kappa shape index (κ1) is 14.8. The lowest BCUT2D eigenvalue weighted by Gasteiger charge is -2.47. The molecule has 4 rings (SSSR count). The topological polar surface area (TPSA) is 45.5 Å². The van der Waals surface area contributed by atoms with Crippen molar-refractivity contribution >= 4 is 16.8 Å². The number of aliphatic hydroxyl groups is 1. The second-order valence-corrected chi connectivity index (χ2v) is 7.22. The van der Waals surface area contributed by atoms with Gasteiger partial charge in [0, 0.05) is 43.2 Å². The van der Waals surface area contributed by atoms with Gasteiger partial charge in [0.15, 0.2) is 0 Å². The van der Waals surface area contributed by atoms with Gasteiger partial charge in [-0.3, -0.25) is 4.79 Å². The van der Waals surface area contributed by atoms with E-state index in [1.807, 2.05) is 47.0 Å². The van der Waals surface area contributed by atoms with Gasteiger partial charge in [0.2, 0.25) is 0 Å². The maximum absolute atomic E-state index is 13.0. The number of hydrogen-bond acceptors (Lipinski definition) is 2. The predicted octanol–water partition coefficient (Wildman–Crippen LogP) is 2.95. The SMILES string of the molecule is Cn1cc(C(=O)N2CC[C@@]3(O)CCCC[C@@H]3C2)c2ccccc21.